The number of amidine groups is 1. The number of hydrogen-bond donors (Lipinski definition) is 5. The molecule has 6 N–H and O–H groups in total. The molecule has 284 valence electrons. The number of aromatic nitrogens is 3. The summed E-state index contributed by atoms with van der Waals surface area (Å²) in [5, 5.41) is 27.9. The van der Waals surface area contributed by atoms with Gasteiger partial charge in [0.15, 0.2) is 0 Å². The normalized spacial score (nSPS) is 20.2. The number of likely N-dealkylation sites (N-methyl/N-ethyl adjacent to an activating group) is 1. The minimum Gasteiger partial charge on any atom is -0.484 e. The number of carbonyl (C=O) groups is 1. The van der Waals surface area contributed by atoms with Gasteiger partial charge in [0.1, 0.15) is 28.9 Å². The molecular formula is C39H56N12O2. The van der Waals surface area contributed by atoms with Crippen LogP contribution in [0.1, 0.15) is 76.1 Å². The molecule has 6 rings (SSSR count). The van der Waals surface area contributed by atoms with Crippen LogP contribution in [0.15, 0.2) is 71.8 Å². The Bertz CT molecular complexity index is 1870. The van der Waals surface area contributed by atoms with Crippen LogP contribution in [0.3, 0.4) is 0 Å². The van der Waals surface area contributed by atoms with Crippen LogP contribution in [-0.4, -0.2) is 99.7 Å². The summed E-state index contributed by atoms with van der Waals surface area (Å²) in [6.07, 6.45) is 11.4. The van der Waals surface area contributed by atoms with Crippen LogP contribution in [0, 0.1) is 16.2 Å². The molecule has 1 aliphatic carbocycles. The molecule has 0 spiro atoms. The lowest BCUT2D eigenvalue weighted by molar-refractivity contribution is 0.0601. The Labute approximate surface area is 312 Å². The highest BCUT2D eigenvalue weighted by Crippen LogP contribution is 2.38. The summed E-state index contributed by atoms with van der Waals surface area (Å²) in [5.74, 6) is 1.23. The van der Waals surface area contributed by atoms with E-state index in [2.05, 4.69) is 39.6 Å². The number of amides is 2. The first-order chi connectivity index (χ1) is 25.3. The summed E-state index contributed by atoms with van der Waals surface area (Å²) in [6.45, 7) is 11.5. The molecule has 3 aliphatic rings. The number of piperidine rings is 1. The van der Waals surface area contributed by atoms with Crippen LogP contribution < -0.4 is 26.6 Å². The van der Waals surface area contributed by atoms with Gasteiger partial charge in [-0.2, -0.15) is 5.10 Å². The first-order valence-corrected chi connectivity index (χ1v) is 18.8. The van der Waals surface area contributed by atoms with E-state index < -0.39 is 0 Å². The molecule has 1 aromatic carbocycles. The number of nitrogens with one attached hydrogen (secondary N) is 4. The fourth-order valence-corrected chi connectivity index (χ4v) is 6.91. The predicted octanol–water partition coefficient (Wildman–Crippen LogP) is 4.55. The Morgan fingerprint density at radius 3 is 2.51 bits per heavy atom. The van der Waals surface area contributed by atoms with Gasteiger partial charge in [0.2, 0.25) is 5.96 Å². The number of likely N-dealkylation sites (tertiary alicyclic amines) is 2. The van der Waals surface area contributed by atoms with E-state index >= 15 is 0 Å². The van der Waals surface area contributed by atoms with Crippen molar-refractivity contribution in [2.45, 2.75) is 77.6 Å². The van der Waals surface area contributed by atoms with Crippen LogP contribution in [0.5, 0.6) is 5.75 Å². The monoisotopic (exact) mass is 724 g/mol. The van der Waals surface area contributed by atoms with Crippen LogP contribution in [0.4, 0.5) is 10.5 Å². The number of fused-ring (bicyclic) bond motifs is 1. The number of rotatable bonds is 9. The minimum absolute atomic E-state index is 0.240. The first kappa shape index (κ1) is 37.8. The number of urea groups is 1. The van der Waals surface area contributed by atoms with Gasteiger partial charge in [0.25, 0.3) is 0 Å². The van der Waals surface area contributed by atoms with Gasteiger partial charge in [-0.3, -0.25) is 30.3 Å². The number of pyridine rings is 1. The molecule has 14 nitrogen and oxygen atoms in total. The van der Waals surface area contributed by atoms with E-state index in [4.69, 9.17) is 26.3 Å². The number of carbonyl (C=O) groups excluding carboxylic acids is 1. The lowest BCUT2D eigenvalue weighted by Gasteiger charge is -2.42. The third kappa shape index (κ3) is 9.54. The van der Waals surface area contributed by atoms with Crippen molar-refractivity contribution in [3.63, 3.8) is 0 Å². The molecule has 4 heterocycles. The van der Waals surface area contributed by atoms with E-state index in [1.807, 2.05) is 60.8 Å². The number of nitrogens with zero attached hydrogens (tertiary/aromatic N) is 7. The molecule has 14 heteroatoms. The quantitative estimate of drug-likeness (QED) is 0.159. The van der Waals surface area contributed by atoms with E-state index in [0.29, 0.717) is 47.8 Å². The zero-order valence-electron chi connectivity index (χ0n) is 31.8. The van der Waals surface area contributed by atoms with Gasteiger partial charge >= 0.3 is 6.03 Å². The maximum Gasteiger partial charge on any atom is 0.320 e. The molecular weight excluding hydrogens is 669 g/mol. The predicted molar refractivity (Wildman–Crippen MR) is 207 cm³/mol. The third-order valence-electron chi connectivity index (χ3n) is 10.4. The van der Waals surface area contributed by atoms with Gasteiger partial charge in [0, 0.05) is 56.0 Å². The van der Waals surface area contributed by atoms with E-state index in [9.17, 15) is 4.79 Å². The smallest absolute Gasteiger partial charge is 0.320 e. The topological polar surface area (TPSA) is 169 Å². The van der Waals surface area contributed by atoms with Crippen molar-refractivity contribution in [3.8, 4) is 5.75 Å². The molecule has 53 heavy (non-hydrogen) atoms. The van der Waals surface area contributed by atoms with Crippen molar-refractivity contribution in [1.82, 2.24) is 39.7 Å². The zero-order chi connectivity index (χ0) is 37.7. The Kier molecular flexibility index (Phi) is 11.7. The van der Waals surface area contributed by atoms with Crippen molar-refractivity contribution in [2.75, 3.05) is 46.8 Å². The molecule has 2 aromatic heterocycles. The zero-order valence-corrected chi connectivity index (χ0v) is 31.8. The maximum atomic E-state index is 13.6. The van der Waals surface area contributed by atoms with Gasteiger partial charge in [-0.05, 0) is 69.5 Å². The maximum absolute atomic E-state index is 13.6. The van der Waals surface area contributed by atoms with Crippen LogP contribution >= 0.6 is 0 Å². The third-order valence-corrected chi connectivity index (χ3v) is 10.4. The lowest BCUT2D eigenvalue weighted by Crippen LogP contribution is -2.57. The SMILES string of the molecule is CN(C)C1CN(CCn2cc(N=C(C=C(N)C(C)(C)C)NC(=O)NC3CCC(Oc4ccc(=N)n(C(=N)N5CCCCC5)c4)c4ccccc43)cn2)C1. The molecule has 2 amide bonds. The Morgan fingerprint density at radius 1 is 1.06 bits per heavy atom. The molecule has 0 saturated carbocycles. The molecule has 0 radical (unpaired) electrons. The summed E-state index contributed by atoms with van der Waals surface area (Å²) in [6, 6.07) is 11.4. The highest BCUT2D eigenvalue weighted by atomic mass is 16.5. The van der Waals surface area contributed by atoms with Gasteiger partial charge < -0.3 is 25.6 Å². The first-order valence-electron chi connectivity index (χ1n) is 18.8. The van der Waals surface area contributed by atoms with Crippen LogP contribution in [0.2, 0.25) is 0 Å². The average Bonchev–Trinajstić information content (AvgIpc) is 3.55. The Balaban J connectivity index is 1.12. The molecule has 2 unspecified atom stereocenters. The summed E-state index contributed by atoms with van der Waals surface area (Å²) < 4.78 is 10.00. The van der Waals surface area contributed by atoms with Gasteiger partial charge in [-0.15, -0.1) is 0 Å². The second-order valence-corrected chi connectivity index (χ2v) is 15.6. The minimum atomic E-state index is -0.384. The summed E-state index contributed by atoms with van der Waals surface area (Å²) in [7, 11) is 4.24. The van der Waals surface area contributed by atoms with E-state index in [0.717, 1.165) is 63.2 Å². The summed E-state index contributed by atoms with van der Waals surface area (Å²) in [5.41, 5.74) is 9.56. The van der Waals surface area contributed by atoms with Crippen molar-refractivity contribution in [1.29, 1.82) is 10.8 Å². The number of hydrogen-bond acceptors (Lipinski definition) is 9. The molecule has 2 fully saturated rings. The second-order valence-electron chi connectivity index (χ2n) is 15.6. The van der Waals surface area contributed by atoms with Gasteiger partial charge in [-0.1, -0.05) is 45.0 Å². The Hall–Kier alpha value is -4.95. The highest BCUT2D eigenvalue weighted by molar-refractivity contribution is 6.05. The Morgan fingerprint density at radius 2 is 1.79 bits per heavy atom. The molecule has 0 bridgehead atoms. The number of allylic oxidation sites excluding steroid dienone is 1. The summed E-state index contributed by atoms with van der Waals surface area (Å²) in [4.78, 5) is 25.1. The van der Waals surface area contributed by atoms with Crippen molar-refractivity contribution in [3.05, 3.63) is 83.4 Å². The van der Waals surface area contributed by atoms with Crippen LogP contribution in [-0.2, 0) is 6.54 Å². The molecule has 2 atom stereocenters. The molecule has 2 aliphatic heterocycles. The highest BCUT2D eigenvalue weighted by Gasteiger charge is 2.30. The summed E-state index contributed by atoms with van der Waals surface area (Å²) >= 11 is 0. The number of ether oxygens (including phenoxy) is 1. The molecule has 3 aromatic rings. The number of nitrogens with two attached hydrogens (primary N) is 1. The van der Waals surface area contributed by atoms with Gasteiger partial charge in [-0.25, -0.2) is 9.79 Å². The van der Waals surface area contributed by atoms with E-state index in [-0.39, 0.29) is 29.1 Å². The number of benzene rings is 1. The number of aliphatic imine (C=N–C) groups is 1. The van der Waals surface area contributed by atoms with Crippen molar-refractivity contribution >= 4 is 23.5 Å². The largest absolute Gasteiger partial charge is 0.484 e. The average molecular weight is 725 g/mol. The van der Waals surface area contributed by atoms with Gasteiger partial charge in [0.05, 0.1) is 31.2 Å². The van der Waals surface area contributed by atoms with Crippen LogP contribution in [0.25, 0.3) is 0 Å². The molecule has 2 saturated heterocycles. The van der Waals surface area contributed by atoms with Crippen molar-refractivity contribution in [2.24, 2.45) is 16.1 Å². The van der Waals surface area contributed by atoms with Crippen molar-refractivity contribution < 1.29 is 9.53 Å². The van der Waals surface area contributed by atoms with E-state index in [1.54, 1.807) is 35.2 Å². The van der Waals surface area contributed by atoms with E-state index in [1.165, 1.54) is 6.42 Å². The lowest BCUT2D eigenvalue weighted by atomic mass is 9.85. The second kappa shape index (κ2) is 16.4. The fraction of sp³-hybridized carbons (Fsp3) is 0.513. The standard InChI is InChI=1S/C39H56N12O2/c1-39(2,3)34(40)21-36(44-27-22-43-50(23-27)20-19-48-24-28(25-48)47(4)5)46-38(52)45-32-14-15-33(31-12-8-7-11-30(31)32)53-29-13-16-35(41)51(26-29)37(42)49-17-9-6-10-18-49/h7-8,11-13,16,21-23,26,28,32-33,41-42H,6,9-10,14-15,17-20,24-25,40H2,1-5H3,(H2,44,45,46,52). The fourth-order valence-electron chi connectivity index (χ4n) is 6.91.